The van der Waals surface area contributed by atoms with E-state index < -0.39 is 97.5 Å². The number of unbranched alkanes of at least 4 members (excludes halogenated alkanes) is 44. The van der Waals surface area contributed by atoms with Crippen molar-refractivity contribution in [3.63, 3.8) is 0 Å². The molecule has 5 atom stereocenters. The fourth-order valence-corrected chi connectivity index (χ4v) is 14.0. The number of esters is 4. The van der Waals surface area contributed by atoms with Crippen molar-refractivity contribution in [1.29, 1.82) is 0 Å². The predicted octanol–water partition coefficient (Wildman–Crippen LogP) is 24.0. The summed E-state index contributed by atoms with van der Waals surface area (Å²) < 4.78 is 68.7. The van der Waals surface area contributed by atoms with Gasteiger partial charge in [-0.15, -0.1) is 0 Å². The lowest BCUT2D eigenvalue weighted by Gasteiger charge is -2.21. The van der Waals surface area contributed by atoms with Crippen LogP contribution in [-0.4, -0.2) is 96.7 Å². The Labute approximate surface area is 613 Å². The molecule has 0 aromatic heterocycles. The second-order valence-corrected chi connectivity index (χ2v) is 34.0. The smallest absolute Gasteiger partial charge is 0.462 e. The first-order chi connectivity index (χ1) is 48.1. The van der Waals surface area contributed by atoms with E-state index in [4.69, 9.17) is 37.0 Å². The predicted molar refractivity (Wildman–Crippen MR) is 409 cm³/mol. The third kappa shape index (κ3) is 74.3. The minimum absolute atomic E-state index is 0.106. The van der Waals surface area contributed by atoms with Crippen LogP contribution in [0.1, 0.15) is 415 Å². The first-order valence-corrected chi connectivity index (χ1v) is 44.7. The molecule has 0 spiro atoms. The van der Waals surface area contributed by atoms with Gasteiger partial charge in [0, 0.05) is 25.7 Å². The van der Waals surface area contributed by atoms with Crippen molar-refractivity contribution in [2.75, 3.05) is 39.6 Å². The van der Waals surface area contributed by atoms with E-state index in [2.05, 4.69) is 55.4 Å². The first kappa shape index (κ1) is 98.1. The molecule has 0 aliphatic heterocycles. The highest BCUT2D eigenvalue weighted by Crippen LogP contribution is 2.45. The van der Waals surface area contributed by atoms with Gasteiger partial charge in [-0.2, -0.15) is 0 Å². The molecule has 0 fully saturated rings. The monoisotopic (exact) mass is 1470 g/mol. The summed E-state index contributed by atoms with van der Waals surface area (Å²) in [5.74, 6) is 0.941. The van der Waals surface area contributed by atoms with Crippen LogP contribution in [-0.2, 0) is 65.4 Å². The van der Waals surface area contributed by atoms with Gasteiger partial charge in [0.2, 0.25) is 0 Å². The van der Waals surface area contributed by atoms with Crippen LogP contribution in [0, 0.1) is 23.7 Å². The quantitative estimate of drug-likeness (QED) is 0.0222. The molecular weight excluding hydrogens is 1310 g/mol. The Hall–Kier alpha value is -1.94. The summed E-state index contributed by atoms with van der Waals surface area (Å²) in [5.41, 5.74) is 0. The highest BCUT2D eigenvalue weighted by molar-refractivity contribution is 7.47. The summed E-state index contributed by atoms with van der Waals surface area (Å²) in [7, 11) is -9.92. The van der Waals surface area contributed by atoms with E-state index in [9.17, 15) is 43.2 Å². The topological polar surface area (TPSA) is 237 Å². The molecule has 0 aromatic rings. The van der Waals surface area contributed by atoms with Gasteiger partial charge >= 0.3 is 39.5 Å². The van der Waals surface area contributed by atoms with Crippen LogP contribution in [0.5, 0.6) is 0 Å². The summed E-state index contributed by atoms with van der Waals surface area (Å²) in [5, 5.41) is 10.6. The Morgan fingerprint density at radius 2 is 0.420 bits per heavy atom. The van der Waals surface area contributed by atoms with Gasteiger partial charge in [0.1, 0.15) is 19.3 Å². The molecule has 594 valence electrons. The molecule has 19 heteroatoms. The average Bonchev–Trinajstić information content (AvgIpc) is 0.941. The Kier molecular flexibility index (Phi) is 68.7. The molecule has 0 aliphatic rings. The average molecular weight is 1470 g/mol. The molecular formula is C81H158O17P2. The van der Waals surface area contributed by atoms with Crippen LogP contribution < -0.4 is 0 Å². The second-order valence-electron chi connectivity index (χ2n) is 31.1. The van der Waals surface area contributed by atoms with Gasteiger partial charge in [-0.3, -0.25) is 37.3 Å². The van der Waals surface area contributed by atoms with E-state index in [-0.39, 0.29) is 25.7 Å². The minimum Gasteiger partial charge on any atom is -0.462 e. The van der Waals surface area contributed by atoms with Crippen LogP contribution in [0.25, 0.3) is 0 Å². The van der Waals surface area contributed by atoms with Crippen LogP contribution in [0.4, 0.5) is 0 Å². The summed E-state index contributed by atoms with van der Waals surface area (Å²) in [4.78, 5) is 73.0. The van der Waals surface area contributed by atoms with E-state index in [0.29, 0.717) is 31.6 Å². The molecule has 100 heavy (non-hydrogen) atoms. The van der Waals surface area contributed by atoms with Crippen LogP contribution in [0.15, 0.2) is 0 Å². The number of rotatable bonds is 78. The zero-order chi connectivity index (χ0) is 73.8. The third-order valence-corrected chi connectivity index (χ3v) is 20.7. The Balaban J connectivity index is 5.21. The molecule has 0 saturated heterocycles. The zero-order valence-corrected chi connectivity index (χ0v) is 67.6. The molecule has 0 bridgehead atoms. The molecule has 2 unspecified atom stereocenters. The Morgan fingerprint density at radius 3 is 0.620 bits per heavy atom. The molecule has 0 rings (SSSR count). The fraction of sp³-hybridized carbons (Fsp3) is 0.951. The summed E-state index contributed by atoms with van der Waals surface area (Å²) in [6.07, 6.45) is 57.1. The maximum atomic E-state index is 13.1. The van der Waals surface area contributed by atoms with Gasteiger partial charge in [-0.1, -0.05) is 364 Å². The highest BCUT2D eigenvalue weighted by atomic mass is 31.2. The van der Waals surface area contributed by atoms with E-state index >= 15 is 0 Å². The van der Waals surface area contributed by atoms with Crippen molar-refractivity contribution in [2.24, 2.45) is 23.7 Å². The molecule has 0 aliphatic carbocycles. The van der Waals surface area contributed by atoms with Gasteiger partial charge in [0.15, 0.2) is 12.2 Å². The number of hydrogen-bond donors (Lipinski definition) is 3. The van der Waals surface area contributed by atoms with Crippen molar-refractivity contribution >= 4 is 39.5 Å². The number of carbonyl (C=O) groups is 4. The normalized spacial score (nSPS) is 14.0. The van der Waals surface area contributed by atoms with E-state index in [0.717, 1.165) is 114 Å². The number of carbonyl (C=O) groups excluding carboxylic acids is 4. The van der Waals surface area contributed by atoms with Gasteiger partial charge in [0.05, 0.1) is 26.4 Å². The van der Waals surface area contributed by atoms with E-state index in [1.54, 1.807) is 0 Å². The fourth-order valence-electron chi connectivity index (χ4n) is 12.4. The van der Waals surface area contributed by atoms with Crippen molar-refractivity contribution in [1.82, 2.24) is 0 Å². The van der Waals surface area contributed by atoms with Crippen molar-refractivity contribution in [3.8, 4) is 0 Å². The SMILES string of the molecule is CC(C)CCCCCCCCCCCCCCCCCCCCC(=O)O[C@H](COC(=O)CCCCCCCCCCCCCC(C)C)COP(=O)(O)OC[C@@H](O)COP(=O)(O)OC[C@@H](COC(=O)CCCCCCCCC(C)C)OC(=O)CCCCCCCCCCCCCCCC(C)C. The maximum Gasteiger partial charge on any atom is 0.472 e. The highest BCUT2D eigenvalue weighted by Gasteiger charge is 2.30. The number of ether oxygens (including phenoxy) is 4. The zero-order valence-electron chi connectivity index (χ0n) is 65.8. The lowest BCUT2D eigenvalue weighted by atomic mass is 10.0. The van der Waals surface area contributed by atoms with Gasteiger partial charge in [-0.25, -0.2) is 9.13 Å². The van der Waals surface area contributed by atoms with E-state index in [1.165, 1.54) is 212 Å². The molecule has 17 nitrogen and oxygen atoms in total. The maximum absolute atomic E-state index is 13.1. The lowest BCUT2D eigenvalue weighted by Crippen LogP contribution is -2.30. The van der Waals surface area contributed by atoms with Gasteiger partial charge < -0.3 is 33.8 Å². The minimum atomic E-state index is -4.96. The number of hydrogen-bond acceptors (Lipinski definition) is 15. The van der Waals surface area contributed by atoms with Gasteiger partial charge in [0.25, 0.3) is 0 Å². The van der Waals surface area contributed by atoms with E-state index in [1.807, 2.05) is 0 Å². The molecule has 0 saturated carbocycles. The number of aliphatic hydroxyl groups excluding tert-OH is 1. The second kappa shape index (κ2) is 70.1. The van der Waals surface area contributed by atoms with Crippen LogP contribution >= 0.6 is 15.6 Å². The number of phosphoric acid groups is 2. The summed E-state index contributed by atoms with van der Waals surface area (Å²) >= 11 is 0. The van der Waals surface area contributed by atoms with Crippen molar-refractivity contribution in [3.05, 3.63) is 0 Å². The van der Waals surface area contributed by atoms with Crippen LogP contribution in [0.2, 0.25) is 0 Å². The Morgan fingerprint density at radius 1 is 0.250 bits per heavy atom. The van der Waals surface area contributed by atoms with Crippen LogP contribution in [0.3, 0.4) is 0 Å². The Bertz CT molecular complexity index is 1950. The standard InChI is InChI=1S/C81H158O17P2/c1-71(2)57-49-41-33-27-21-16-13-11-9-10-12-14-18-24-31-37-47-55-63-80(85)97-76(67-91-78(83)61-53-45-36-30-26-20-23-29-35-43-51-59-73(5)6)69-95-99(87,88)93-65-75(82)66-94-100(89,90)96-70-77(68-92-79(84)62-54-46-40-39-44-52-60-74(7)8)98-81(86)64-56-48-38-32-25-19-15-17-22-28-34-42-50-58-72(3)4/h71-77,82H,9-70H2,1-8H3,(H,87,88)(H,89,90)/t75-,76-,77-/m1/s1. The lowest BCUT2D eigenvalue weighted by molar-refractivity contribution is -0.161. The largest absolute Gasteiger partial charge is 0.472 e. The summed E-state index contributed by atoms with van der Waals surface area (Å²) in [6, 6.07) is 0. The summed E-state index contributed by atoms with van der Waals surface area (Å²) in [6.45, 7) is 14.2. The first-order valence-electron chi connectivity index (χ1n) is 41.7. The third-order valence-electron chi connectivity index (χ3n) is 18.8. The molecule has 0 heterocycles. The van der Waals surface area contributed by atoms with Crippen molar-refractivity contribution in [2.45, 2.75) is 433 Å². The number of phosphoric ester groups is 2. The van der Waals surface area contributed by atoms with Gasteiger partial charge in [-0.05, 0) is 49.4 Å². The van der Waals surface area contributed by atoms with Crippen molar-refractivity contribution < 1.29 is 80.2 Å². The number of aliphatic hydroxyl groups is 1. The molecule has 0 radical (unpaired) electrons. The molecule has 0 aromatic carbocycles. The molecule has 0 amide bonds. The molecule has 3 N–H and O–H groups in total.